The van der Waals surface area contributed by atoms with E-state index in [9.17, 15) is 17.6 Å². The molecule has 0 bridgehead atoms. The molecule has 5 heteroatoms. The monoisotopic (exact) mass is 378 g/mol. The van der Waals surface area contributed by atoms with Crippen LogP contribution in [0.25, 0.3) is 11.1 Å². The van der Waals surface area contributed by atoms with Crippen molar-refractivity contribution < 1.29 is 17.6 Å². The SMILES string of the molecule is Cc1ccc(-c2ccc([Si]CC3CCC(C)CC3)c(F)c2F)c(F)c1F. The van der Waals surface area contributed by atoms with E-state index >= 15 is 0 Å². The summed E-state index contributed by atoms with van der Waals surface area (Å²) in [7, 11) is 0.187. The first-order valence-electron chi connectivity index (χ1n) is 9.05. The fourth-order valence-electron chi connectivity index (χ4n) is 3.54. The molecule has 0 nitrogen and oxygen atoms in total. The molecule has 0 unspecified atom stereocenters. The summed E-state index contributed by atoms with van der Waals surface area (Å²) in [5.74, 6) is -2.89. The zero-order valence-electron chi connectivity index (χ0n) is 15.0. The lowest BCUT2D eigenvalue weighted by Gasteiger charge is -2.25. The Balaban J connectivity index is 1.80. The third-order valence-corrected chi connectivity index (χ3v) is 6.91. The molecular formula is C21H22F4Si. The van der Waals surface area contributed by atoms with Crippen molar-refractivity contribution in [3.05, 3.63) is 53.1 Å². The average Bonchev–Trinajstić information content (AvgIpc) is 2.63. The van der Waals surface area contributed by atoms with Gasteiger partial charge >= 0.3 is 0 Å². The van der Waals surface area contributed by atoms with Gasteiger partial charge in [0.1, 0.15) is 0 Å². The summed E-state index contributed by atoms with van der Waals surface area (Å²) in [5, 5.41) is 0.331. The molecule has 2 radical (unpaired) electrons. The normalized spacial score (nSPS) is 20.4. The first kappa shape index (κ1) is 19.1. The predicted molar refractivity (Wildman–Crippen MR) is 97.8 cm³/mol. The van der Waals surface area contributed by atoms with Gasteiger partial charge in [0.2, 0.25) is 0 Å². The van der Waals surface area contributed by atoms with Gasteiger partial charge in [-0.2, -0.15) is 0 Å². The summed E-state index contributed by atoms with van der Waals surface area (Å²) in [6, 6.07) is 6.38. The van der Waals surface area contributed by atoms with Crippen molar-refractivity contribution in [2.75, 3.05) is 0 Å². The van der Waals surface area contributed by atoms with Crippen LogP contribution < -0.4 is 5.19 Å². The topological polar surface area (TPSA) is 0 Å². The van der Waals surface area contributed by atoms with Crippen LogP contribution in [0.1, 0.15) is 38.2 Å². The van der Waals surface area contributed by atoms with Crippen molar-refractivity contribution in [3.63, 3.8) is 0 Å². The Bertz CT molecular complexity index is 795. The molecule has 1 fully saturated rings. The van der Waals surface area contributed by atoms with Crippen LogP contribution in [-0.4, -0.2) is 9.52 Å². The predicted octanol–water partition coefficient (Wildman–Crippen LogP) is 5.79. The molecule has 0 heterocycles. The van der Waals surface area contributed by atoms with Crippen molar-refractivity contribution in [2.24, 2.45) is 11.8 Å². The maximum atomic E-state index is 14.5. The summed E-state index contributed by atoms with van der Waals surface area (Å²) < 4.78 is 56.9. The number of aryl methyl sites for hydroxylation is 1. The third-order valence-electron chi connectivity index (χ3n) is 5.36. The van der Waals surface area contributed by atoms with Crippen LogP contribution >= 0.6 is 0 Å². The Kier molecular flexibility index (Phi) is 5.85. The average molecular weight is 378 g/mol. The second kappa shape index (κ2) is 7.95. The van der Waals surface area contributed by atoms with Gasteiger partial charge in [-0.3, -0.25) is 0 Å². The van der Waals surface area contributed by atoms with Crippen molar-refractivity contribution in [2.45, 2.75) is 45.6 Å². The lowest BCUT2D eigenvalue weighted by molar-refractivity contribution is 0.307. The van der Waals surface area contributed by atoms with Gasteiger partial charge in [-0.25, -0.2) is 17.6 Å². The van der Waals surface area contributed by atoms with E-state index in [1.54, 1.807) is 0 Å². The Hall–Kier alpha value is -1.62. The van der Waals surface area contributed by atoms with Crippen LogP contribution in [0, 0.1) is 42.0 Å². The van der Waals surface area contributed by atoms with Crippen molar-refractivity contribution >= 4 is 14.7 Å². The second-order valence-electron chi connectivity index (χ2n) is 7.35. The van der Waals surface area contributed by atoms with E-state index in [-0.39, 0.29) is 26.2 Å². The summed E-state index contributed by atoms with van der Waals surface area (Å²) in [6.45, 7) is 3.68. The van der Waals surface area contributed by atoms with E-state index in [1.165, 1.54) is 44.0 Å². The highest BCUT2D eigenvalue weighted by atomic mass is 28.2. The molecule has 138 valence electrons. The Morgan fingerprint density at radius 2 is 1.38 bits per heavy atom. The van der Waals surface area contributed by atoms with Gasteiger partial charge in [0.25, 0.3) is 0 Å². The highest BCUT2D eigenvalue weighted by Gasteiger charge is 2.22. The zero-order chi connectivity index (χ0) is 18.8. The molecule has 0 N–H and O–H groups in total. The summed E-state index contributed by atoms with van der Waals surface area (Å²) >= 11 is 0. The fraction of sp³-hybridized carbons (Fsp3) is 0.429. The highest BCUT2D eigenvalue weighted by Crippen LogP contribution is 2.31. The molecule has 1 saturated carbocycles. The van der Waals surface area contributed by atoms with Crippen molar-refractivity contribution in [1.29, 1.82) is 0 Å². The smallest absolute Gasteiger partial charge is 0.167 e. The molecular weight excluding hydrogens is 356 g/mol. The van der Waals surface area contributed by atoms with Gasteiger partial charge in [0.05, 0.1) is 9.52 Å². The van der Waals surface area contributed by atoms with Gasteiger partial charge in [0, 0.05) is 11.1 Å². The first-order chi connectivity index (χ1) is 12.4. The van der Waals surface area contributed by atoms with E-state index in [0.29, 0.717) is 11.1 Å². The minimum atomic E-state index is -1.14. The van der Waals surface area contributed by atoms with Gasteiger partial charge < -0.3 is 0 Å². The summed E-state index contributed by atoms with van der Waals surface area (Å²) in [5.41, 5.74) is -0.355. The van der Waals surface area contributed by atoms with Crippen LogP contribution in [0.3, 0.4) is 0 Å². The molecule has 0 atom stereocenters. The van der Waals surface area contributed by atoms with E-state index in [4.69, 9.17) is 0 Å². The second-order valence-corrected chi connectivity index (χ2v) is 8.65. The third kappa shape index (κ3) is 3.87. The quantitative estimate of drug-likeness (QED) is 0.466. The van der Waals surface area contributed by atoms with Crippen LogP contribution in [0.4, 0.5) is 17.6 Å². The maximum absolute atomic E-state index is 14.5. The first-order valence-corrected chi connectivity index (χ1v) is 10.3. The lowest BCUT2D eigenvalue weighted by Crippen LogP contribution is -2.24. The number of hydrogen-bond acceptors (Lipinski definition) is 0. The molecule has 2 aromatic rings. The maximum Gasteiger partial charge on any atom is 0.167 e. The standard InChI is InChI=1S/C21H22F4Si/c1-12-3-6-14(7-4-12)11-26-17-10-9-16(20(24)21(17)25)15-8-5-13(2)18(22)19(15)23/h5,8-10,12,14H,3-4,6-7,11H2,1-2H3. The number of halogens is 4. The number of rotatable bonds is 4. The van der Waals surface area contributed by atoms with Crippen LogP contribution in [0.2, 0.25) is 6.04 Å². The van der Waals surface area contributed by atoms with E-state index in [0.717, 1.165) is 24.8 Å². The lowest BCUT2D eigenvalue weighted by atomic mass is 9.84. The van der Waals surface area contributed by atoms with Gasteiger partial charge in [-0.15, -0.1) is 0 Å². The van der Waals surface area contributed by atoms with Gasteiger partial charge in [-0.1, -0.05) is 62.9 Å². The Morgan fingerprint density at radius 1 is 0.808 bits per heavy atom. The number of hydrogen-bond donors (Lipinski definition) is 0. The van der Waals surface area contributed by atoms with Crippen LogP contribution in [-0.2, 0) is 0 Å². The molecule has 1 aliphatic carbocycles. The molecule has 0 spiro atoms. The largest absolute Gasteiger partial charge is 0.204 e. The molecule has 0 saturated heterocycles. The van der Waals surface area contributed by atoms with E-state index in [1.807, 2.05) is 0 Å². The minimum Gasteiger partial charge on any atom is -0.204 e. The zero-order valence-corrected chi connectivity index (χ0v) is 16.0. The molecule has 0 amide bonds. The van der Waals surface area contributed by atoms with Gasteiger partial charge in [0.15, 0.2) is 23.3 Å². The molecule has 2 aromatic carbocycles. The highest BCUT2D eigenvalue weighted by molar-refractivity contribution is 6.53. The molecule has 1 aliphatic rings. The number of benzene rings is 2. The summed E-state index contributed by atoms with van der Waals surface area (Å²) in [6.07, 6.45) is 4.68. The molecule has 0 aliphatic heterocycles. The van der Waals surface area contributed by atoms with E-state index in [2.05, 4.69) is 6.92 Å². The van der Waals surface area contributed by atoms with Crippen LogP contribution in [0.15, 0.2) is 24.3 Å². The fourth-order valence-corrected chi connectivity index (χ4v) is 4.92. The summed E-state index contributed by atoms with van der Waals surface area (Å²) in [4.78, 5) is 0. The van der Waals surface area contributed by atoms with Gasteiger partial charge in [-0.05, 0) is 29.5 Å². The van der Waals surface area contributed by atoms with E-state index < -0.39 is 23.3 Å². The molecule has 0 aromatic heterocycles. The minimum absolute atomic E-state index is 0.132. The van der Waals surface area contributed by atoms with Crippen molar-refractivity contribution in [3.8, 4) is 11.1 Å². The van der Waals surface area contributed by atoms with Crippen molar-refractivity contribution in [1.82, 2.24) is 0 Å². The molecule has 26 heavy (non-hydrogen) atoms. The Morgan fingerprint density at radius 3 is 2.04 bits per heavy atom. The van der Waals surface area contributed by atoms with Crippen LogP contribution in [0.5, 0.6) is 0 Å². The molecule has 3 rings (SSSR count). The Labute approximate surface area is 154 Å².